The molecule has 0 saturated heterocycles. The molecule has 0 aliphatic carbocycles. The Morgan fingerprint density at radius 1 is 0.524 bits per heavy atom. The van der Waals surface area contributed by atoms with Crippen molar-refractivity contribution in [2.75, 3.05) is 14.2 Å². The summed E-state index contributed by atoms with van der Waals surface area (Å²) < 4.78 is 80.6. The van der Waals surface area contributed by atoms with Crippen molar-refractivity contribution in [3.8, 4) is 0 Å². The number of nitrogens with two attached hydrogens (primary N) is 2. The largest absolute Gasteiger partial charge is 0.542 e. The second kappa shape index (κ2) is 27.5. The number of alkyl halides is 6. The lowest BCUT2D eigenvalue weighted by atomic mass is 10.1. The van der Waals surface area contributed by atoms with Crippen LogP contribution in [0.3, 0.4) is 0 Å². The number of amides is 2. The van der Waals surface area contributed by atoms with Crippen molar-refractivity contribution in [1.82, 2.24) is 19.8 Å². The average molecular weight is 1140 g/mol. The number of esters is 2. The van der Waals surface area contributed by atoms with Gasteiger partial charge in [-0.1, -0.05) is 72.8 Å². The zero-order valence-corrected chi connectivity index (χ0v) is 44.0. The summed E-state index contributed by atoms with van der Waals surface area (Å²) in [5.74, 6) is -8.01. The van der Waals surface area contributed by atoms with Crippen LogP contribution in [0.4, 0.5) is 26.3 Å². The lowest BCUT2D eigenvalue weighted by Gasteiger charge is -2.13. The molecule has 82 heavy (non-hydrogen) atoms. The number of carboxylic acid groups (broad SMARTS) is 2. The number of nitrogens with one attached hydrogen (secondary N) is 4. The summed E-state index contributed by atoms with van der Waals surface area (Å²) in [7, 11) is 6.45. The highest BCUT2D eigenvalue weighted by molar-refractivity contribution is 6.15. The fourth-order valence-corrected chi connectivity index (χ4v) is 7.90. The minimum Gasteiger partial charge on any atom is -0.542 e. The van der Waals surface area contributed by atoms with Gasteiger partial charge in [-0.3, -0.25) is 20.4 Å². The first-order chi connectivity index (χ1) is 38.7. The van der Waals surface area contributed by atoms with E-state index in [1.807, 2.05) is 133 Å². The van der Waals surface area contributed by atoms with Gasteiger partial charge in [0.25, 0.3) is 11.8 Å². The molecule has 0 radical (unpaired) electrons. The zero-order chi connectivity index (χ0) is 60.6. The summed E-state index contributed by atoms with van der Waals surface area (Å²) in [6.07, 6.45) is -2.78. The van der Waals surface area contributed by atoms with E-state index in [4.69, 9.17) is 51.6 Å². The molecule has 0 atom stereocenters. The third kappa shape index (κ3) is 16.3. The Balaban J connectivity index is 0.000000244. The van der Waals surface area contributed by atoms with E-state index < -0.39 is 36.2 Å². The van der Waals surface area contributed by atoms with Gasteiger partial charge in [0.05, 0.1) is 25.3 Å². The number of benzene rings is 4. The monoisotopic (exact) mass is 1140 g/mol. The van der Waals surface area contributed by atoms with E-state index >= 15 is 0 Å². The Kier molecular flexibility index (Phi) is 20.9. The van der Waals surface area contributed by atoms with Crippen LogP contribution in [-0.4, -0.2) is 83.1 Å². The number of carbonyl (C=O) groups is 6. The molecule has 0 fully saturated rings. The predicted octanol–water partition coefficient (Wildman–Crippen LogP) is 3.63. The molecule has 20 nitrogen and oxygen atoms in total. The molecule has 4 heterocycles. The van der Waals surface area contributed by atoms with Gasteiger partial charge in [-0.05, 0) is 46.5 Å². The molecule has 8 aromatic rings. The van der Waals surface area contributed by atoms with Crippen LogP contribution >= 0.6 is 0 Å². The number of ether oxygens (including phenoxy) is 2. The van der Waals surface area contributed by atoms with Crippen LogP contribution in [0.25, 0.3) is 21.8 Å². The molecule has 0 bridgehead atoms. The van der Waals surface area contributed by atoms with E-state index in [1.165, 1.54) is 14.2 Å². The number of nitrogens with zero attached hydrogens (tertiary/aromatic N) is 4. The molecule has 8 rings (SSSR count). The Labute approximate surface area is 462 Å². The molecule has 0 unspecified atom stereocenters. The van der Waals surface area contributed by atoms with Crippen molar-refractivity contribution in [3.05, 3.63) is 202 Å². The van der Waals surface area contributed by atoms with Gasteiger partial charge in [-0.15, -0.1) is 0 Å². The lowest BCUT2D eigenvalue weighted by Crippen LogP contribution is -2.37. The van der Waals surface area contributed by atoms with E-state index in [2.05, 4.69) is 10.6 Å². The maximum absolute atomic E-state index is 13.5. The summed E-state index contributed by atoms with van der Waals surface area (Å²) >= 11 is 0. The summed E-state index contributed by atoms with van der Waals surface area (Å²) in [5, 5.41) is 40.2. The first-order valence-electron chi connectivity index (χ1n) is 23.9. The van der Waals surface area contributed by atoms with E-state index in [0.717, 1.165) is 33.3 Å². The molecular weight excluding hydrogens is 1090 g/mol. The SMILES string of the molecule is COC(=O)c1c(C(=O)NCc2cc[n+](C)cc2)n(Cc2cccc(C(=N)N)c2)c2ccccc12.COC(=O)c1c(C(=O)NCc2cc[n+](C)cc2)n(Cc2cccc(C(=N)N)c2)c2ccccc12.O=C([O-])C(F)(F)F.O=C([O-])C(F)(F)F. The first kappa shape index (κ1) is 62.4. The van der Waals surface area contributed by atoms with Gasteiger partial charge in [0, 0.05) is 83.4 Å². The molecule has 26 heteroatoms. The van der Waals surface area contributed by atoms with Crippen LogP contribution in [0.2, 0.25) is 0 Å². The second-order valence-corrected chi connectivity index (χ2v) is 17.5. The zero-order valence-electron chi connectivity index (χ0n) is 44.0. The topological polar surface area (TPSA) is 308 Å². The maximum Gasteiger partial charge on any atom is 0.430 e. The number of pyridine rings is 2. The summed E-state index contributed by atoms with van der Waals surface area (Å²) in [6.45, 7) is 1.23. The van der Waals surface area contributed by atoms with Crippen molar-refractivity contribution in [1.29, 1.82) is 10.8 Å². The van der Waals surface area contributed by atoms with Crippen molar-refractivity contribution in [3.63, 3.8) is 0 Å². The van der Waals surface area contributed by atoms with Crippen molar-refractivity contribution in [2.24, 2.45) is 25.6 Å². The lowest BCUT2D eigenvalue weighted by molar-refractivity contribution is -0.671. The predicted molar refractivity (Wildman–Crippen MR) is 279 cm³/mol. The minimum absolute atomic E-state index is 0.0382. The Hall–Kier alpha value is -10.4. The van der Waals surface area contributed by atoms with Crippen LogP contribution in [0.1, 0.15) is 75.1 Å². The van der Waals surface area contributed by atoms with E-state index in [0.29, 0.717) is 48.1 Å². The minimum atomic E-state index is -5.19. The van der Waals surface area contributed by atoms with Crippen LogP contribution in [-0.2, 0) is 59.3 Å². The smallest absolute Gasteiger partial charge is 0.430 e. The molecule has 0 aliphatic heterocycles. The highest BCUT2D eigenvalue weighted by Gasteiger charge is 2.31. The van der Waals surface area contributed by atoms with Crippen molar-refractivity contribution in [2.45, 2.75) is 38.5 Å². The number of rotatable bonds is 14. The highest BCUT2D eigenvalue weighted by Crippen LogP contribution is 2.30. The maximum atomic E-state index is 13.5. The number of nitrogen functional groups attached to an aromatic ring is 2. The fraction of sp³-hybridized carbons (Fsp3) is 0.179. The molecule has 0 saturated carbocycles. The number of carboxylic acids is 2. The van der Waals surface area contributed by atoms with E-state index in [9.17, 15) is 45.5 Å². The standard InChI is InChI=1S/2C26H25N5O3.2C2HF3O2/c2*1-30-12-10-17(11-13-30)15-29-25(32)23-22(26(33)34-2)20-8-3-4-9-21(20)31(23)16-18-6-5-7-19(14-18)24(27)28;2*3-2(4,5)1(6)7/h2*3-14H,15-16H2,1-2H3,(H3-,27,28,29,32);2*(H,6,7). The van der Waals surface area contributed by atoms with Gasteiger partial charge in [0.1, 0.15) is 49.1 Å². The van der Waals surface area contributed by atoms with Crippen molar-refractivity contribution >= 4 is 69.2 Å². The van der Waals surface area contributed by atoms with Gasteiger partial charge in [-0.25, -0.2) is 18.7 Å². The normalized spacial score (nSPS) is 10.9. The molecule has 8 N–H and O–H groups in total. The fourth-order valence-electron chi connectivity index (χ4n) is 7.90. The van der Waals surface area contributed by atoms with Gasteiger partial charge in [-0.2, -0.15) is 26.3 Å². The number of hydrogen-bond acceptors (Lipinski definition) is 12. The van der Waals surface area contributed by atoms with Gasteiger partial charge in [0.15, 0.2) is 24.8 Å². The van der Waals surface area contributed by atoms with Gasteiger partial charge >= 0.3 is 24.3 Å². The van der Waals surface area contributed by atoms with Crippen LogP contribution in [0.15, 0.2) is 146 Å². The third-order valence-electron chi connectivity index (χ3n) is 11.8. The summed E-state index contributed by atoms with van der Waals surface area (Å²) in [4.78, 5) is 70.2. The molecule has 0 aliphatic rings. The number of hydrogen-bond donors (Lipinski definition) is 6. The number of halogens is 6. The Morgan fingerprint density at radius 2 is 0.841 bits per heavy atom. The van der Waals surface area contributed by atoms with Crippen LogP contribution in [0.5, 0.6) is 0 Å². The number of para-hydroxylation sites is 2. The Morgan fingerprint density at radius 3 is 1.13 bits per heavy atom. The Bertz CT molecular complexity index is 3430. The second-order valence-electron chi connectivity index (χ2n) is 17.5. The highest BCUT2D eigenvalue weighted by atomic mass is 19.4. The quantitative estimate of drug-likeness (QED) is 0.0299. The first-order valence-corrected chi connectivity index (χ1v) is 23.9. The molecular formula is C56H52F6N10O10. The van der Waals surface area contributed by atoms with Crippen LogP contribution < -0.4 is 41.4 Å². The molecule has 2 amide bonds. The summed E-state index contributed by atoms with van der Waals surface area (Å²) in [6, 6.07) is 36.9. The van der Waals surface area contributed by atoms with Gasteiger partial charge < -0.3 is 60.5 Å². The number of fused-ring (bicyclic) bond motifs is 2. The summed E-state index contributed by atoms with van der Waals surface area (Å²) in [5.41, 5.74) is 18.4. The number of aliphatic carboxylic acids is 2. The number of aromatic nitrogens is 4. The average Bonchev–Trinajstić information content (AvgIpc) is 4.18. The van der Waals surface area contributed by atoms with E-state index in [-0.39, 0.29) is 46.0 Å². The molecule has 4 aromatic heterocycles. The van der Waals surface area contributed by atoms with Crippen LogP contribution in [0, 0.1) is 10.8 Å². The number of carbonyl (C=O) groups excluding carboxylic acids is 6. The number of methoxy groups -OCH3 is 2. The van der Waals surface area contributed by atoms with Gasteiger partial charge in [0.2, 0.25) is 0 Å². The number of amidine groups is 2. The molecule has 428 valence electrons. The molecule has 0 spiro atoms. The van der Waals surface area contributed by atoms with Crippen molar-refractivity contribution < 1.29 is 83.9 Å². The third-order valence-corrected chi connectivity index (χ3v) is 11.8. The van der Waals surface area contributed by atoms with E-state index in [1.54, 1.807) is 45.5 Å². The molecule has 4 aromatic carbocycles. The number of aryl methyl sites for hydroxylation is 2.